The largest absolute Gasteiger partial charge is 0.335 e. The second-order valence-corrected chi connectivity index (χ2v) is 3.41. The SMILES string of the molecule is Nn1c(-c2ccc(Cl)cn2)n[nH]c1=S. The maximum atomic E-state index is 5.69. The van der Waals surface area contributed by atoms with Gasteiger partial charge in [0.1, 0.15) is 5.69 Å². The average molecular weight is 228 g/mol. The quantitative estimate of drug-likeness (QED) is 0.570. The molecule has 0 bridgehead atoms. The number of aromatic nitrogens is 4. The van der Waals surface area contributed by atoms with Crippen molar-refractivity contribution in [3.63, 3.8) is 0 Å². The zero-order valence-corrected chi connectivity index (χ0v) is 8.51. The van der Waals surface area contributed by atoms with Crippen LogP contribution in [0.5, 0.6) is 0 Å². The summed E-state index contributed by atoms with van der Waals surface area (Å²) in [6.45, 7) is 0. The summed E-state index contributed by atoms with van der Waals surface area (Å²) in [7, 11) is 0. The lowest BCUT2D eigenvalue weighted by Crippen LogP contribution is -2.10. The third-order valence-electron chi connectivity index (χ3n) is 1.66. The Bertz CT molecular complexity index is 500. The maximum Gasteiger partial charge on any atom is 0.214 e. The van der Waals surface area contributed by atoms with Gasteiger partial charge in [-0.15, -0.1) is 0 Å². The van der Waals surface area contributed by atoms with Crippen LogP contribution < -0.4 is 5.84 Å². The number of hydrogen-bond donors (Lipinski definition) is 2. The number of H-pyrrole nitrogens is 1. The van der Waals surface area contributed by atoms with Crippen molar-refractivity contribution in [1.82, 2.24) is 19.9 Å². The van der Waals surface area contributed by atoms with Gasteiger partial charge in [0.15, 0.2) is 5.82 Å². The first-order valence-electron chi connectivity index (χ1n) is 3.73. The van der Waals surface area contributed by atoms with Gasteiger partial charge in [0.25, 0.3) is 0 Å². The highest BCUT2D eigenvalue weighted by molar-refractivity contribution is 7.71. The van der Waals surface area contributed by atoms with Gasteiger partial charge in [-0.2, -0.15) is 5.10 Å². The van der Waals surface area contributed by atoms with Crippen LogP contribution in [-0.2, 0) is 0 Å². The molecule has 0 aliphatic rings. The van der Waals surface area contributed by atoms with E-state index in [9.17, 15) is 0 Å². The number of nitrogens with two attached hydrogens (primary N) is 1. The number of aromatic amines is 1. The minimum atomic E-state index is 0.344. The van der Waals surface area contributed by atoms with Gasteiger partial charge < -0.3 is 5.84 Å². The van der Waals surface area contributed by atoms with Crippen LogP contribution in [0.15, 0.2) is 18.3 Å². The van der Waals surface area contributed by atoms with Gasteiger partial charge in [0.2, 0.25) is 4.77 Å². The molecule has 7 heteroatoms. The van der Waals surface area contributed by atoms with Crippen LogP contribution in [0.4, 0.5) is 0 Å². The third kappa shape index (κ3) is 1.49. The standard InChI is InChI=1S/C7H6ClN5S/c8-4-1-2-5(10-3-4)6-11-12-7(14)13(6)9/h1-3H,9H2,(H,12,14). The van der Waals surface area contributed by atoms with Gasteiger partial charge in [-0.05, 0) is 24.4 Å². The van der Waals surface area contributed by atoms with E-state index in [1.165, 1.54) is 10.9 Å². The fourth-order valence-corrected chi connectivity index (χ4v) is 1.24. The van der Waals surface area contributed by atoms with Gasteiger partial charge in [0.05, 0.1) is 5.02 Å². The fraction of sp³-hybridized carbons (Fsp3) is 0. The second kappa shape index (κ2) is 3.39. The van der Waals surface area contributed by atoms with E-state index in [0.29, 0.717) is 21.3 Å². The fourth-order valence-electron chi connectivity index (χ4n) is 0.993. The lowest BCUT2D eigenvalue weighted by atomic mass is 10.3. The molecule has 2 aromatic rings. The first kappa shape index (κ1) is 9.17. The topological polar surface area (TPSA) is 72.5 Å². The van der Waals surface area contributed by atoms with Crippen molar-refractivity contribution in [2.45, 2.75) is 0 Å². The summed E-state index contributed by atoms with van der Waals surface area (Å²) in [5, 5.41) is 7.06. The van der Waals surface area contributed by atoms with E-state index in [1.807, 2.05) is 0 Å². The highest BCUT2D eigenvalue weighted by Crippen LogP contribution is 2.14. The Balaban J connectivity index is 2.55. The molecule has 5 nitrogen and oxygen atoms in total. The summed E-state index contributed by atoms with van der Waals surface area (Å²) in [5.74, 6) is 6.10. The lowest BCUT2D eigenvalue weighted by molar-refractivity contribution is 0.977. The number of nitrogens with one attached hydrogen (secondary N) is 1. The molecule has 0 atom stereocenters. The summed E-state index contributed by atoms with van der Waals surface area (Å²) in [4.78, 5) is 4.06. The van der Waals surface area contributed by atoms with E-state index >= 15 is 0 Å². The van der Waals surface area contributed by atoms with Gasteiger partial charge in [-0.3, -0.25) is 4.98 Å². The molecular formula is C7H6ClN5S. The van der Waals surface area contributed by atoms with E-state index in [0.717, 1.165) is 0 Å². The molecule has 0 aliphatic heterocycles. The van der Waals surface area contributed by atoms with E-state index < -0.39 is 0 Å². The van der Waals surface area contributed by atoms with Crippen LogP contribution in [-0.4, -0.2) is 19.9 Å². The molecule has 0 saturated carbocycles. The maximum absolute atomic E-state index is 5.69. The van der Waals surface area contributed by atoms with Crippen molar-refractivity contribution in [2.24, 2.45) is 0 Å². The van der Waals surface area contributed by atoms with Crippen molar-refractivity contribution in [1.29, 1.82) is 0 Å². The number of nitrogen functional groups attached to an aromatic ring is 1. The van der Waals surface area contributed by atoms with Crippen LogP contribution in [0.1, 0.15) is 0 Å². The van der Waals surface area contributed by atoms with Crippen LogP contribution in [0, 0.1) is 4.77 Å². The van der Waals surface area contributed by atoms with E-state index in [2.05, 4.69) is 15.2 Å². The predicted octanol–water partition coefficient (Wildman–Crippen LogP) is 1.37. The highest BCUT2D eigenvalue weighted by Gasteiger charge is 2.06. The number of halogens is 1. The van der Waals surface area contributed by atoms with Crippen molar-refractivity contribution >= 4 is 23.8 Å². The predicted molar refractivity (Wildman–Crippen MR) is 55.8 cm³/mol. The molecule has 72 valence electrons. The number of rotatable bonds is 1. The second-order valence-electron chi connectivity index (χ2n) is 2.58. The van der Waals surface area contributed by atoms with Gasteiger partial charge in [-0.25, -0.2) is 9.77 Å². The summed E-state index contributed by atoms with van der Waals surface area (Å²) >= 11 is 10.6. The molecule has 0 fully saturated rings. The molecule has 0 saturated heterocycles. The molecule has 2 aromatic heterocycles. The molecule has 3 N–H and O–H groups in total. The minimum Gasteiger partial charge on any atom is -0.335 e. The molecular weight excluding hydrogens is 222 g/mol. The van der Waals surface area contributed by atoms with E-state index in [-0.39, 0.29) is 0 Å². The van der Waals surface area contributed by atoms with Crippen molar-refractivity contribution in [3.05, 3.63) is 28.1 Å². The van der Waals surface area contributed by atoms with E-state index in [4.69, 9.17) is 29.7 Å². The van der Waals surface area contributed by atoms with Crippen LogP contribution in [0.2, 0.25) is 5.02 Å². The third-order valence-corrected chi connectivity index (χ3v) is 2.17. The molecule has 2 rings (SSSR count). The summed E-state index contributed by atoms with van der Waals surface area (Å²) in [6.07, 6.45) is 1.52. The lowest BCUT2D eigenvalue weighted by Gasteiger charge is -1.98. The molecule has 2 heterocycles. The average Bonchev–Trinajstić information content (AvgIpc) is 2.50. The van der Waals surface area contributed by atoms with Crippen molar-refractivity contribution < 1.29 is 0 Å². The first-order valence-corrected chi connectivity index (χ1v) is 4.51. The van der Waals surface area contributed by atoms with E-state index in [1.54, 1.807) is 12.1 Å². The smallest absolute Gasteiger partial charge is 0.214 e. The number of nitrogens with zero attached hydrogens (tertiary/aromatic N) is 3. The number of pyridine rings is 1. The molecule has 0 radical (unpaired) electrons. The Morgan fingerprint density at radius 2 is 2.29 bits per heavy atom. The molecule has 14 heavy (non-hydrogen) atoms. The zero-order valence-electron chi connectivity index (χ0n) is 6.94. The zero-order chi connectivity index (χ0) is 10.1. The molecule has 0 unspecified atom stereocenters. The van der Waals surface area contributed by atoms with Crippen molar-refractivity contribution in [3.8, 4) is 11.5 Å². The summed E-state index contributed by atoms with van der Waals surface area (Å²) < 4.78 is 1.60. The van der Waals surface area contributed by atoms with Gasteiger partial charge in [-0.1, -0.05) is 11.6 Å². The normalized spacial score (nSPS) is 10.4. The first-order chi connectivity index (χ1) is 6.68. The van der Waals surface area contributed by atoms with Gasteiger partial charge in [0, 0.05) is 6.20 Å². The van der Waals surface area contributed by atoms with Crippen LogP contribution >= 0.6 is 23.8 Å². The Kier molecular flexibility index (Phi) is 2.22. The summed E-state index contributed by atoms with van der Waals surface area (Å²) in [6, 6.07) is 3.43. The Morgan fingerprint density at radius 3 is 2.79 bits per heavy atom. The monoisotopic (exact) mass is 227 g/mol. The molecule has 0 amide bonds. The van der Waals surface area contributed by atoms with Crippen molar-refractivity contribution in [2.75, 3.05) is 5.84 Å². The highest BCUT2D eigenvalue weighted by atomic mass is 35.5. The summed E-state index contributed by atoms with van der Waals surface area (Å²) in [5.41, 5.74) is 0.615. The molecule has 0 aromatic carbocycles. The number of hydrogen-bond acceptors (Lipinski definition) is 4. The van der Waals surface area contributed by atoms with Crippen LogP contribution in [0.25, 0.3) is 11.5 Å². The molecule has 0 spiro atoms. The Hall–Kier alpha value is -1.40. The minimum absolute atomic E-state index is 0.344. The van der Waals surface area contributed by atoms with Crippen LogP contribution in [0.3, 0.4) is 0 Å². The van der Waals surface area contributed by atoms with Gasteiger partial charge >= 0.3 is 0 Å². The Morgan fingerprint density at radius 1 is 1.50 bits per heavy atom. The Labute approximate surface area is 89.5 Å². The molecule has 0 aliphatic carbocycles.